The highest BCUT2D eigenvalue weighted by molar-refractivity contribution is 5.41. The molecule has 0 unspecified atom stereocenters. The highest BCUT2D eigenvalue weighted by Gasteiger charge is 2.28. The van der Waals surface area contributed by atoms with E-state index in [0.29, 0.717) is 11.7 Å². The average Bonchev–Trinajstić information content (AvgIpc) is 3.25. The molecule has 0 spiro atoms. The van der Waals surface area contributed by atoms with Crippen molar-refractivity contribution in [2.45, 2.75) is 45.4 Å². The maximum Gasteiger partial charge on any atom is 0.161 e. The van der Waals surface area contributed by atoms with Gasteiger partial charge < -0.3 is 5.43 Å². The lowest BCUT2D eigenvalue weighted by Crippen LogP contribution is -2.13. The number of anilines is 1. The van der Waals surface area contributed by atoms with Gasteiger partial charge in [0.15, 0.2) is 11.6 Å². The Labute approximate surface area is 117 Å². The van der Waals surface area contributed by atoms with Gasteiger partial charge in [0.05, 0.1) is 0 Å². The fourth-order valence-corrected chi connectivity index (χ4v) is 2.11. The summed E-state index contributed by atoms with van der Waals surface area (Å²) in [6, 6.07) is 1.80. The first-order chi connectivity index (χ1) is 9.75. The molecule has 3 rings (SSSR count). The number of nitrogen functional groups attached to an aromatic ring is 1. The van der Waals surface area contributed by atoms with E-state index < -0.39 is 0 Å². The molecule has 0 aliphatic heterocycles. The van der Waals surface area contributed by atoms with E-state index in [1.165, 1.54) is 0 Å². The van der Waals surface area contributed by atoms with E-state index in [1.54, 1.807) is 10.7 Å². The van der Waals surface area contributed by atoms with Crippen molar-refractivity contribution in [3.8, 4) is 5.82 Å². The lowest BCUT2D eigenvalue weighted by Gasteiger charge is -2.08. The van der Waals surface area contributed by atoms with Crippen LogP contribution >= 0.6 is 0 Å². The SMILES string of the molecule is CCc1nc(CC)n(-c2cc(NN)nc(C3CC3)n2)n1. The number of nitrogens with two attached hydrogens (primary N) is 1. The van der Waals surface area contributed by atoms with Crippen LogP contribution < -0.4 is 11.3 Å². The molecule has 0 aromatic carbocycles. The van der Waals surface area contributed by atoms with Crippen LogP contribution in [0.25, 0.3) is 5.82 Å². The van der Waals surface area contributed by atoms with Gasteiger partial charge in [0.25, 0.3) is 0 Å². The van der Waals surface area contributed by atoms with E-state index >= 15 is 0 Å². The molecule has 3 N–H and O–H groups in total. The predicted octanol–water partition coefficient (Wildman–Crippen LogP) is 1.35. The van der Waals surface area contributed by atoms with Crippen LogP contribution in [0.2, 0.25) is 0 Å². The van der Waals surface area contributed by atoms with E-state index in [0.717, 1.165) is 49.0 Å². The molecule has 1 aliphatic carbocycles. The molecule has 0 bridgehead atoms. The van der Waals surface area contributed by atoms with Crippen molar-refractivity contribution in [3.63, 3.8) is 0 Å². The lowest BCUT2D eigenvalue weighted by molar-refractivity contribution is 0.752. The monoisotopic (exact) mass is 273 g/mol. The molecule has 0 radical (unpaired) electrons. The first kappa shape index (κ1) is 13.0. The minimum absolute atomic E-state index is 0.460. The van der Waals surface area contributed by atoms with Gasteiger partial charge >= 0.3 is 0 Å². The zero-order chi connectivity index (χ0) is 14.1. The van der Waals surface area contributed by atoms with Crippen molar-refractivity contribution in [1.29, 1.82) is 0 Å². The molecule has 106 valence electrons. The fraction of sp³-hybridized carbons (Fsp3) is 0.538. The van der Waals surface area contributed by atoms with Crippen LogP contribution in [0, 0.1) is 0 Å². The zero-order valence-electron chi connectivity index (χ0n) is 11.8. The van der Waals surface area contributed by atoms with Gasteiger partial charge in [-0.1, -0.05) is 13.8 Å². The Balaban J connectivity index is 2.08. The number of nitrogens with zero attached hydrogens (tertiary/aromatic N) is 5. The fourth-order valence-electron chi connectivity index (χ4n) is 2.11. The second kappa shape index (κ2) is 5.16. The maximum atomic E-state index is 5.50. The summed E-state index contributed by atoms with van der Waals surface area (Å²) < 4.78 is 1.80. The molecule has 0 saturated heterocycles. The molecule has 0 amide bonds. The maximum absolute atomic E-state index is 5.50. The second-order valence-corrected chi connectivity index (χ2v) is 4.95. The van der Waals surface area contributed by atoms with Crippen molar-refractivity contribution in [2.24, 2.45) is 5.84 Å². The number of aryl methyl sites for hydroxylation is 2. The van der Waals surface area contributed by atoms with E-state index in [9.17, 15) is 0 Å². The number of hydrogen-bond donors (Lipinski definition) is 2. The number of aromatic nitrogens is 5. The molecule has 1 aliphatic rings. The van der Waals surface area contributed by atoms with Crippen molar-refractivity contribution < 1.29 is 0 Å². The summed E-state index contributed by atoms with van der Waals surface area (Å²) in [5.41, 5.74) is 2.61. The summed E-state index contributed by atoms with van der Waals surface area (Å²) in [6.07, 6.45) is 3.90. The molecule has 2 heterocycles. The summed E-state index contributed by atoms with van der Waals surface area (Å²) in [6.45, 7) is 4.10. The standard InChI is InChI=1S/C13H19N7/c1-3-9-15-11(4-2)20(19-9)12-7-10(18-14)16-13(17-12)8-5-6-8/h7-8H,3-6,14H2,1-2H3,(H,16,17,18). The minimum atomic E-state index is 0.460. The zero-order valence-corrected chi connectivity index (χ0v) is 11.8. The predicted molar refractivity (Wildman–Crippen MR) is 75.5 cm³/mol. The smallest absolute Gasteiger partial charge is 0.161 e. The van der Waals surface area contributed by atoms with Gasteiger partial charge in [-0.15, -0.1) is 5.10 Å². The molecule has 7 nitrogen and oxygen atoms in total. The number of hydrazine groups is 1. The van der Waals surface area contributed by atoms with Gasteiger partial charge in [-0.2, -0.15) is 4.68 Å². The summed E-state index contributed by atoms with van der Waals surface area (Å²) in [5, 5.41) is 4.51. The second-order valence-electron chi connectivity index (χ2n) is 4.95. The van der Waals surface area contributed by atoms with Crippen molar-refractivity contribution in [1.82, 2.24) is 24.7 Å². The number of nitrogens with one attached hydrogen (secondary N) is 1. The Hall–Kier alpha value is -2.02. The van der Waals surface area contributed by atoms with Gasteiger partial charge in [0.1, 0.15) is 17.5 Å². The van der Waals surface area contributed by atoms with Crippen molar-refractivity contribution in [3.05, 3.63) is 23.5 Å². The Bertz CT molecular complexity index is 615. The van der Waals surface area contributed by atoms with Gasteiger partial charge in [-0.05, 0) is 12.8 Å². The normalized spacial score (nSPS) is 14.6. The lowest BCUT2D eigenvalue weighted by atomic mass is 10.3. The highest BCUT2D eigenvalue weighted by Crippen LogP contribution is 2.38. The quantitative estimate of drug-likeness (QED) is 0.630. The molecular formula is C13H19N7. The van der Waals surface area contributed by atoms with Crippen LogP contribution in [-0.4, -0.2) is 24.7 Å². The third-order valence-electron chi connectivity index (χ3n) is 3.39. The van der Waals surface area contributed by atoms with E-state index in [-0.39, 0.29) is 0 Å². The van der Waals surface area contributed by atoms with E-state index in [2.05, 4.69) is 32.4 Å². The Morgan fingerprint density at radius 2 is 2.05 bits per heavy atom. The third kappa shape index (κ3) is 2.36. The molecule has 7 heteroatoms. The Morgan fingerprint density at radius 1 is 1.25 bits per heavy atom. The van der Waals surface area contributed by atoms with Crippen molar-refractivity contribution in [2.75, 3.05) is 5.43 Å². The van der Waals surface area contributed by atoms with Crippen LogP contribution in [0.15, 0.2) is 6.07 Å². The van der Waals surface area contributed by atoms with Gasteiger partial charge in [0.2, 0.25) is 0 Å². The highest BCUT2D eigenvalue weighted by atomic mass is 15.4. The largest absolute Gasteiger partial charge is 0.308 e. The van der Waals surface area contributed by atoms with Crippen LogP contribution in [0.5, 0.6) is 0 Å². The summed E-state index contributed by atoms with van der Waals surface area (Å²) in [7, 11) is 0. The van der Waals surface area contributed by atoms with E-state index in [1.807, 2.05) is 6.92 Å². The minimum Gasteiger partial charge on any atom is -0.308 e. The molecule has 0 atom stereocenters. The van der Waals surface area contributed by atoms with Crippen LogP contribution in [-0.2, 0) is 12.8 Å². The average molecular weight is 273 g/mol. The van der Waals surface area contributed by atoms with Crippen LogP contribution in [0.1, 0.15) is 50.1 Å². The first-order valence-corrected chi connectivity index (χ1v) is 7.05. The molecule has 1 saturated carbocycles. The van der Waals surface area contributed by atoms with Crippen molar-refractivity contribution >= 4 is 5.82 Å². The Morgan fingerprint density at radius 3 is 2.65 bits per heavy atom. The van der Waals surface area contributed by atoms with Crippen LogP contribution in [0.4, 0.5) is 5.82 Å². The number of hydrogen-bond acceptors (Lipinski definition) is 6. The molecule has 20 heavy (non-hydrogen) atoms. The summed E-state index contributed by atoms with van der Waals surface area (Å²) >= 11 is 0. The van der Waals surface area contributed by atoms with Gasteiger partial charge in [0, 0.05) is 24.8 Å². The van der Waals surface area contributed by atoms with Crippen LogP contribution in [0.3, 0.4) is 0 Å². The van der Waals surface area contributed by atoms with Gasteiger partial charge in [-0.3, -0.25) is 0 Å². The molecule has 2 aromatic heterocycles. The molecule has 2 aromatic rings. The summed E-state index contributed by atoms with van der Waals surface area (Å²) in [4.78, 5) is 13.5. The summed E-state index contributed by atoms with van der Waals surface area (Å²) in [5.74, 6) is 9.89. The number of rotatable bonds is 5. The third-order valence-corrected chi connectivity index (χ3v) is 3.39. The van der Waals surface area contributed by atoms with Gasteiger partial charge in [-0.25, -0.2) is 20.8 Å². The Kier molecular flexibility index (Phi) is 3.35. The topological polar surface area (TPSA) is 94.5 Å². The molecular weight excluding hydrogens is 254 g/mol. The first-order valence-electron chi connectivity index (χ1n) is 7.05. The van der Waals surface area contributed by atoms with E-state index in [4.69, 9.17) is 5.84 Å². The molecule has 1 fully saturated rings.